The summed E-state index contributed by atoms with van der Waals surface area (Å²) < 4.78 is 7.48. The summed E-state index contributed by atoms with van der Waals surface area (Å²) in [5.41, 5.74) is 5.26. The lowest BCUT2D eigenvalue weighted by atomic mass is 10.1. The van der Waals surface area contributed by atoms with E-state index in [1.165, 1.54) is 17.3 Å². The normalized spacial score (nSPS) is 13.9. The van der Waals surface area contributed by atoms with E-state index >= 15 is 0 Å². The van der Waals surface area contributed by atoms with Crippen LogP contribution in [0.15, 0.2) is 47.6 Å². The Kier molecular flexibility index (Phi) is 7.12. The Morgan fingerprint density at radius 3 is 2.66 bits per heavy atom. The number of aryl methyl sites for hydroxylation is 2. The molecule has 0 spiro atoms. The van der Waals surface area contributed by atoms with E-state index in [0.717, 1.165) is 66.3 Å². The number of rotatable bonds is 7. The van der Waals surface area contributed by atoms with Gasteiger partial charge in [-0.05, 0) is 50.6 Å². The zero-order valence-electron chi connectivity index (χ0n) is 18.8. The Morgan fingerprint density at radius 2 is 1.94 bits per heavy atom. The summed E-state index contributed by atoms with van der Waals surface area (Å²) in [5.74, 6) is 1.05. The van der Waals surface area contributed by atoms with Crippen LogP contribution < -0.4 is 10.2 Å². The molecular weight excluding hydrogens is 422 g/mol. The SMILES string of the molecule is CCn1c(SCC(=O)Nc2ccc(N3CCOCC3)cc2C)nnc1-c1cccc(C)c1. The average Bonchev–Trinajstić information content (AvgIpc) is 3.22. The van der Waals surface area contributed by atoms with Gasteiger partial charge in [0, 0.05) is 36.6 Å². The zero-order valence-corrected chi connectivity index (χ0v) is 19.6. The lowest BCUT2D eigenvalue weighted by Gasteiger charge is -2.29. The Bertz CT molecular complexity index is 1090. The topological polar surface area (TPSA) is 72.3 Å². The number of anilines is 2. The summed E-state index contributed by atoms with van der Waals surface area (Å²) in [4.78, 5) is 14.9. The van der Waals surface area contributed by atoms with Crippen LogP contribution in [0.1, 0.15) is 18.1 Å². The van der Waals surface area contributed by atoms with E-state index in [4.69, 9.17) is 4.74 Å². The molecular formula is C24H29N5O2S. The minimum atomic E-state index is -0.0556. The molecule has 0 saturated carbocycles. The fourth-order valence-corrected chi connectivity index (χ4v) is 4.60. The molecule has 0 aliphatic carbocycles. The van der Waals surface area contributed by atoms with Crippen LogP contribution >= 0.6 is 11.8 Å². The third kappa shape index (κ3) is 5.14. The van der Waals surface area contributed by atoms with E-state index in [-0.39, 0.29) is 11.7 Å². The summed E-state index contributed by atoms with van der Waals surface area (Å²) in [6, 6.07) is 14.4. The van der Waals surface area contributed by atoms with Gasteiger partial charge in [-0.25, -0.2) is 0 Å². The van der Waals surface area contributed by atoms with Crippen molar-refractivity contribution < 1.29 is 9.53 Å². The molecule has 4 rings (SSSR count). The van der Waals surface area contributed by atoms with Crippen LogP contribution in [0.25, 0.3) is 11.4 Å². The number of hydrogen-bond donors (Lipinski definition) is 1. The minimum absolute atomic E-state index is 0.0556. The molecule has 7 nitrogen and oxygen atoms in total. The third-order valence-electron chi connectivity index (χ3n) is 5.50. The largest absolute Gasteiger partial charge is 0.378 e. The number of aromatic nitrogens is 3. The average molecular weight is 452 g/mol. The first kappa shape index (κ1) is 22.4. The van der Waals surface area contributed by atoms with Gasteiger partial charge in [0.05, 0.1) is 19.0 Å². The van der Waals surface area contributed by atoms with Crippen molar-refractivity contribution in [1.82, 2.24) is 14.8 Å². The van der Waals surface area contributed by atoms with Crippen molar-refractivity contribution in [2.45, 2.75) is 32.5 Å². The van der Waals surface area contributed by atoms with Gasteiger partial charge in [-0.1, -0.05) is 35.5 Å². The van der Waals surface area contributed by atoms with Crippen molar-refractivity contribution in [3.63, 3.8) is 0 Å². The molecule has 1 aromatic heterocycles. The van der Waals surface area contributed by atoms with Crippen LogP contribution in [-0.2, 0) is 16.1 Å². The van der Waals surface area contributed by atoms with Gasteiger partial charge in [-0.15, -0.1) is 10.2 Å². The van der Waals surface area contributed by atoms with Gasteiger partial charge in [0.15, 0.2) is 11.0 Å². The van der Waals surface area contributed by atoms with E-state index in [1.807, 2.05) is 25.1 Å². The first-order valence-electron chi connectivity index (χ1n) is 10.9. The highest BCUT2D eigenvalue weighted by atomic mass is 32.2. The Labute approximate surface area is 193 Å². The molecule has 32 heavy (non-hydrogen) atoms. The molecule has 0 unspecified atom stereocenters. The van der Waals surface area contributed by atoms with Crippen molar-refractivity contribution in [1.29, 1.82) is 0 Å². The molecule has 3 aromatic rings. The van der Waals surface area contributed by atoms with Crippen LogP contribution in [0.4, 0.5) is 11.4 Å². The Balaban J connectivity index is 1.39. The highest BCUT2D eigenvalue weighted by Gasteiger charge is 2.16. The van der Waals surface area contributed by atoms with E-state index < -0.39 is 0 Å². The van der Waals surface area contributed by atoms with E-state index in [1.54, 1.807) is 0 Å². The molecule has 168 valence electrons. The van der Waals surface area contributed by atoms with Gasteiger partial charge in [-0.2, -0.15) is 0 Å². The van der Waals surface area contributed by atoms with Crippen molar-refractivity contribution in [2.24, 2.45) is 0 Å². The van der Waals surface area contributed by atoms with Gasteiger partial charge >= 0.3 is 0 Å². The number of ether oxygens (including phenoxy) is 1. The molecule has 1 fully saturated rings. The molecule has 0 atom stereocenters. The van der Waals surface area contributed by atoms with Crippen LogP contribution in [0.3, 0.4) is 0 Å². The van der Waals surface area contributed by atoms with Gasteiger partial charge in [0.1, 0.15) is 0 Å². The molecule has 1 aliphatic heterocycles. The maximum Gasteiger partial charge on any atom is 0.234 e. The summed E-state index contributed by atoms with van der Waals surface area (Å²) in [6.07, 6.45) is 0. The molecule has 8 heteroatoms. The second-order valence-electron chi connectivity index (χ2n) is 7.86. The number of nitrogens with one attached hydrogen (secondary N) is 1. The smallest absolute Gasteiger partial charge is 0.234 e. The number of nitrogens with zero attached hydrogens (tertiary/aromatic N) is 4. The Morgan fingerprint density at radius 1 is 1.12 bits per heavy atom. The molecule has 2 heterocycles. The predicted octanol–water partition coefficient (Wildman–Crippen LogP) is 4.15. The van der Waals surface area contributed by atoms with E-state index in [2.05, 4.69) is 63.1 Å². The monoisotopic (exact) mass is 451 g/mol. The number of benzene rings is 2. The van der Waals surface area contributed by atoms with Crippen molar-refractivity contribution in [3.8, 4) is 11.4 Å². The van der Waals surface area contributed by atoms with Gasteiger partial charge in [-0.3, -0.25) is 4.79 Å². The van der Waals surface area contributed by atoms with Crippen molar-refractivity contribution in [2.75, 3.05) is 42.3 Å². The first-order valence-corrected chi connectivity index (χ1v) is 11.9. The molecule has 0 radical (unpaired) electrons. The lowest BCUT2D eigenvalue weighted by Crippen LogP contribution is -2.36. The fourth-order valence-electron chi connectivity index (χ4n) is 3.80. The second kappa shape index (κ2) is 10.2. The number of morpholine rings is 1. The van der Waals surface area contributed by atoms with Crippen LogP contribution in [0.5, 0.6) is 0 Å². The summed E-state index contributed by atoms with van der Waals surface area (Å²) >= 11 is 1.41. The summed E-state index contributed by atoms with van der Waals surface area (Å²) in [7, 11) is 0. The zero-order chi connectivity index (χ0) is 22.5. The first-order chi connectivity index (χ1) is 15.5. The summed E-state index contributed by atoms with van der Waals surface area (Å²) in [6.45, 7) is 10.2. The van der Waals surface area contributed by atoms with Crippen LogP contribution in [0, 0.1) is 13.8 Å². The predicted molar refractivity (Wildman–Crippen MR) is 129 cm³/mol. The number of thioether (sulfide) groups is 1. The van der Waals surface area contributed by atoms with E-state index in [9.17, 15) is 4.79 Å². The highest BCUT2D eigenvalue weighted by molar-refractivity contribution is 7.99. The number of carbonyl (C=O) groups excluding carboxylic acids is 1. The maximum absolute atomic E-state index is 12.6. The second-order valence-corrected chi connectivity index (χ2v) is 8.80. The van der Waals surface area contributed by atoms with E-state index in [0.29, 0.717) is 0 Å². The molecule has 2 aromatic carbocycles. The molecule has 1 N–H and O–H groups in total. The Hall–Kier alpha value is -2.84. The molecule has 1 saturated heterocycles. The molecule has 1 aliphatic rings. The molecule has 1 amide bonds. The standard InChI is InChI=1S/C24H29N5O2S/c1-4-29-23(19-7-5-6-17(2)14-19)26-27-24(29)32-16-22(30)25-21-9-8-20(15-18(21)3)28-10-12-31-13-11-28/h5-9,14-15H,4,10-13,16H2,1-3H3,(H,25,30). The number of amides is 1. The quantitative estimate of drug-likeness (QED) is 0.544. The lowest BCUT2D eigenvalue weighted by molar-refractivity contribution is -0.113. The van der Waals surface area contributed by atoms with Gasteiger partial charge < -0.3 is 19.5 Å². The van der Waals surface area contributed by atoms with Crippen LogP contribution in [0.2, 0.25) is 0 Å². The third-order valence-corrected chi connectivity index (χ3v) is 6.47. The summed E-state index contributed by atoms with van der Waals surface area (Å²) in [5, 5.41) is 12.5. The number of carbonyl (C=O) groups is 1. The van der Waals surface area contributed by atoms with Crippen molar-refractivity contribution in [3.05, 3.63) is 53.6 Å². The highest BCUT2D eigenvalue weighted by Crippen LogP contribution is 2.26. The maximum atomic E-state index is 12.6. The van der Waals surface area contributed by atoms with Crippen LogP contribution in [-0.4, -0.2) is 52.7 Å². The minimum Gasteiger partial charge on any atom is -0.378 e. The fraction of sp³-hybridized carbons (Fsp3) is 0.375. The van der Waals surface area contributed by atoms with Gasteiger partial charge in [0.2, 0.25) is 5.91 Å². The number of hydrogen-bond acceptors (Lipinski definition) is 6. The van der Waals surface area contributed by atoms with Crippen molar-refractivity contribution >= 4 is 29.0 Å². The molecule has 0 bridgehead atoms. The van der Waals surface area contributed by atoms with Gasteiger partial charge in [0.25, 0.3) is 0 Å².